The lowest BCUT2D eigenvalue weighted by molar-refractivity contribution is -0.141. The van der Waals surface area contributed by atoms with Crippen LogP contribution in [0.1, 0.15) is 96.5 Å². The molecule has 2 aliphatic heterocycles. The van der Waals surface area contributed by atoms with E-state index in [1.807, 2.05) is 13.8 Å². The van der Waals surface area contributed by atoms with Crippen molar-refractivity contribution < 1.29 is 43.8 Å². The van der Waals surface area contributed by atoms with Crippen LogP contribution in [0.4, 0.5) is 0 Å². The van der Waals surface area contributed by atoms with Gasteiger partial charge in [0, 0.05) is 30.0 Å². The molecule has 2 bridgehead atoms. The summed E-state index contributed by atoms with van der Waals surface area (Å²) in [4.78, 5) is 95.2. The minimum Gasteiger partial charge on any atom is -0.481 e. The lowest BCUT2D eigenvalue weighted by Crippen LogP contribution is -2.65. The van der Waals surface area contributed by atoms with Crippen molar-refractivity contribution in [2.45, 2.75) is 129 Å². The molecule has 0 radical (unpaired) electrons. The van der Waals surface area contributed by atoms with Gasteiger partial charge in [-0.1, -0.05) is 32.0 Å². The molecule has 7 N–H and O–H groups in total. The Morgan fingerprint density at radius 1 is 0.980 bits per heavy atom. The summed E-state index contributed by atoms with van der Waals surface area (Å²) in [5.74, 6) is -6.12. The molecule has 0 spiro atoms. The number of carboxylic acids is 1. The Hall–Kier alpha value is -4.37. The van der Waals surface area contributed by atoms with Crippen molar-refractivity contribution in [3.8, 4) is 0 Å². The minimum absolute atomic E-state index is 0.0360. The van der Waals surface area contributed by atoms with Gasteiger partial charge in [-0.25, -0.2) is 0 Å². The quantitative estimate of drug-likeness (QED) is 0.218. The molecule has 15 heteroatoms. The maximum Gasteiger partial charge on any atom is 0.305 e. The van der Waals surface area contributed by atoms with Crippen LogP contribution >= 0.6 is 0 Å². The van der Waals surface area contributed by atoms with Gasteiger partial charge in [0.05, 0.1) is 24.6 Å². The molecule has 282 valence electrons. The number of carbonyl (C=O) groups excluding carboxylic acids is 6. The van der Waals surface area contributed by atoms with Gasteiger partial charge >= 0.3 is 5.97 Å². The number of hydrogen-bond acceptors (Lipinski definition) is 9. The number of carboxylic acid groups (broad SMARTS) is 1. The Bertz CT molecular complexity index is 1470. The molecular formula is C36H54N6O9. The van der Waals surface area contributed by atoms with Gasteiger partial charge < -0.3 is 36.8 Å². The predicted molar refractivity (Wildman–Crippen MR) is 187 cm³/mol. The van der Waals surface area contributed by atoms with Crippen molar-refractivity contribution in [2.24, 2.45) is 11.8 Å². The summed E-state index contributed by atoms with van der Waals surface area (Å²) in [6.45, 7) is 12.4. The van der Waals surface area contributed by atoms with Crippen molar-refractivity contribution in [3.05, 3.63) is 35.4 Å². The first kappa shape index (κ1) is 41.1. The highest BCUT2D eigenvalue weighted by atomic mass is 16.4. The third kappa shape index (κ3) is 11.8. The fourth-order valence-corrected chi connectivity index (χ4v) is 6.59. The molecule has 0 unspecified atom stereocenters. The molecule has 1 aromatic rings. The van der Waals surface area contributed by atoms with E-state index >= 15 is 0 Å². The zero-order valence-corrected chi connectivity index (χ0v) is 30.6. The Labute approximate surface area is 299 Å². The zero-order valence-electron chi connectivity index (χ0n) is 30.6. The number of carbonyl (C=O) groups is 7. The Kier molecular flexibility index (Phi) is 14.3. The van der Waals surface area contributed by atoms with Gasteiger partial charge in [0.25, 0.3) is 0 Å². The van der Waals surface area contributed by atoms with Crippen LogP contribution < -0.4 is 26.6 Å². The Balaban J connectivity index is 2.09. The fourth-order valence-electron chi connectivity index (χ4n) is 6.59. The van der Waals surface area contributed by atoms with Gasteiger partial charge in [0.2, 0.25) is 29.5 Å². The number of hydrogen-bond donors (Lipinski definition) is 7. The second kappa shape index (κ2) is 17.7. The molecule has 1 fully saturated rings. The number of nitrogens with one attached hydrogen (secondary N) is 5. The molecule has 15 nitrogen and oxygen atoms in total. The molecule has 51 heavy (non-hydrogen) atoms. The standard InChI is InChI=1S/C36H54N6O9/c1-19(2)14-24-16-27(44)23-11-8-10-22(15-23)18-37-33(49)26-12-9-13-42(26)30(35(51)41-36(5,6)7)20(3)38-34(50)29(21(4)43)40-32(48)25(17-28(45)46)39-31(24)47/h8,10-11,15,19-21,24-26,29-30,43H,9,12-14,16-18H2,1-7H3,(H,37,49)(H,38,50)(H,39,47)(H,40,48)(H,41,51)(H,45,46)/t20-,21+,24+,25-,26-,29-,30-/m0/s1. The molecule has 2 heterocycles. The van der Waals surface area contributed by atoms with Gasteiger partial charge in [-0.15, -0.1) is 0 Å². The van der Waals surface area contributed by atoms with Crippen molar-refractivity contribution >= 4 is 41.3 Å². The van der Waals surface area contributed by atoms with Crippen molar-refractivity contribution in [3.63, 3.8) is 0 Å². The molecule has 0 aliphatic carbocycles. The number of benzene rings is 1. The van der Waals surface area contributed by atoms with Crippen molar-refractivity contribution in [2.75, 3.05) is 6.54 Å². The van der Waals surface area contributed by atoms with E-state index in [2.05, 4.69) is 26.6 Å². The fraction of sp³-hybridized carbons (Fsp3) is 0.639. The molecule has 3 rings (SSSR count). The predicted octanol–water partition coefficient (Wildman–Crippen LogP) is 0.629. The summed E-state index contributed by atoms with van der Waals surface area (Å²) in [5, 5.41) is 33.6. The molecule has 1 aromatic carbocycles. The maximum atomic E-state index is 13.8. The highest BCUT2D eigenvalue weighted by molar-refractivity contribution is 6.00. The van der Waals surface area contributed by atoms with E-state index in [1.54, 1.807) is 56.9 Å². The van der Waals surface area contributed by atoms with Gasteiger partial charge in [-0.3, -0.25) is 38.5 Å². The Morgan fingerprint density at radius 2 is 1.67 bits per heavy atom. The lowest BCUT2D eigenvalue weighted by Gasteiger charge is -2.37. The summed E-state index contributed by atoms with van der Waals surface area (Å²) in [5.41, 5.74) is 0.296. The van der Waals surface area contributed by atoms with Crippen LogP contribution in [-0.2, 0) is 35.3 Å². The van der Waals surface area contributed by atoms with E-state index in [4.69, 9.17) is 0 Å². The largest absolute Gasteiger partial charge is 0.481 e. The zero-order chi connectivity index (χ0) is 38.2. The second-order valence-electron chi connectivity index (χ2n) is 15.1. The molecule has 5 amide bonds. The highest BCUT2D eigenvalue weighted by Gasteiger charge is 2.43. The number of rotatable bonds is 6. The topological polar surface area (TPSA) is 223 Å². The Morgan fingerprint density at radius 3 is 2.27 bits per heavy atom. The third-order valence-corrected chi connectivity index (χ3v) is 8.91. The summed E-state index contributed by atoms with van der Waals surface area (Å²) >= 11 is 0. The number of ketones is 1. The molecule has 1 saturated heterocycles. The van der Waals surface area contributed by atoms with E-state index in [0.29, 0.717) is 30.5 Å². The average molecular weight is 715 g/mol. The average Bonchev–Trinajstić information content (AvgIpc) is 3.49. The van der Waals surface area contributed by atoms with Crippen molar-refractivity contribution in [1.29, 1.82) is 0 Å². The number of nitrogens with zero attached hydrogens (tertiary/aromatic N) is 1. The molecule has 0 saturated carbocycles. The summed E-state index contributed by atoms with van der Waals surface area (Å²) < 4.78 is 0. The van der Waals surface area contributed by atoms with E-state index in [-0.39, 0.29) is 37.0 Å². The van der Waals surface area contributed by atoms with Crippen LogP contribution in [0.15, 0.2) is 24.3 Å². The molecular weight excluding hydrogens is 660 g/mol. The van der Waals surface area contributed by atoms with Gasteiger partial charge in [0.1, 0.15) is 18.1 Å². The number of aliphatic carboxylic acids is 1. The first-order chi connectivity index (χ1) is 23.8. The van der Waals surface area contributed by atoms with Crippen LogP contribution in [0.25, 0.3) is 0 Å². The van der Waals surface area contributed by atoms with Crippen LogP contribution in [0, 0.1) is 11.8 Å². The number of aliphatic hydroxyl groups is 1. The molecule has 2 aliphatic rings. The van der Waals surface area contributed by atoms with Gasteiger partial charge in [-0.2, -0.15) is 0 Å². The number of amides is 5. The van der Waals surface area contributed by atoms with E-state index < -0.39 is 83.8 Å². The van der Waals surface area contributed by atoms with Crippen molar-refractivity contribution in [1.82, 2.24) is 31.5 Å². The van der Waals surface area contributed by atoms with E-state index in [1.165, 1.54) is 6.92 Å². The summed E-state index contributed by atoms with van der Waals surface area (Å²) in [7, 11) is 0. The first-order valence-corrected chi connectivity index (χ1v) is 17.6. The first-order valence-electron chi connectivity index (χ1n) is 17.6. The normalized spacial score (nSPS) is 26.9. The highest BCUT2D eigenvalue weighted by Crippen LogP contribution is 2.24. The third-order valence-electron chi connectivity index (χ3n) is 8.91. The van der Waals surface area contributed by atoms with Crippen LogP contribution in [0.5, 0.6) is 0 Å². The number of fused-ring (bicyclic) bond motifs is 3. The van der Waals surface area contributed by atoms with Gasteiger partial charge in [0.15, 0.2) is 5.78 Å². The van der Waals surface area contributed by atoms with Crippen LogP contribution in [0.3, 0.4) is 0 Å². The number of Topliss-reactive ketones (excluding diaryl/α,β-unsaturated/α-hetero) is 1. The maximum absolute atomic E-state index is 13.8. The number of aliphatic hydroxyl groups excluding tert-OH is 1. The minimum atomic E-state index is -1.64. The lowest BCUT2D eigenvalue weighted by atomic mass is 9.89. The summed E-state index contributed by atoms with van der Waals surface area (Å²) in [6.07, 6.45) is -1.24. The summed E-state index contributed by atoms with van der Waals surface area (Å²) in [6, 6.07) is 0.717. The SMILES string of the molecule is CC(C)C[C@@H]1CC(=O)c2cccc(c2)CNC(=O)[C@@H]2CCCN2[C@H](C(=O)NC(C)(C)C)[C@H](C)NC(=O)[C@H]([C@@H](C)O)NC(=O)[C@H](CC(=O)O)NC1=O. The smallest absolute Gasteiger partial charge is 0.305 e. The monoisotopic (exact) mass is 714 g/mol. The van der Waals surface area contributed by atoms with Crippen LogP contribution in [-0.4, -0.2) is 105 Å². The molecule has 7 atom stereocenters. The van der Waals surface area contributed by atoms with E-state index in [9.17, 15) is 43.8 Å². The molecule has 0 aromatic heterocycles. The van der Waals surface area contributed by atoms with E-state index in [0.717, 1.165) is 0 Å². The van der Waals surface area contributed by atoms with Crippen LogP contribution in [0.2, 0.25) is 0 Å². The van der Waals surface area contributed by atoms with Gasteiger partial charge in [-0.05, 0) is 78.0 Å². The second-order valence-corrected chi connectivity index (χ2v) is 15.1.